The van der Waals surface area contributed by atoms with Crippen LogP contribution in [0.2, 0.25) is 0 Å². The lowest BCUT2D eigenvalue weighted by molar-refractivity contribution is -0.129. The highest BCUT2D eigenvalue weighted by Gasteiger charge is 2.29. The summed E-state index contributed by atoms with van der Waals surface area (Å²) in [6.45, 7) is 0.317. The van der Waals surface area contributed by atoms with E-state index in [1.807, 2.05) is 0 Å². The fourth-order valence-corrected chi connectivity index (χ4v) is 5.03. The van der Waals surface area contributed by atoms with E-state index < -0.39 is 21.5 Å². The fourth-order valence-electron chi connectivity index (χ4n) is 3.17. The minimum Gasteiger partial charge on any atom is -0.408 e. The molecule has 0 saturated carbocycles. The van der Waals surface area contributed by atoms with Gasteiger partial charge in [0.25, 0.3) is 0 Å². The minimum atomic E-state index is -3.03. The Hall–Kier alpha value is -2.62. The van der Waals surface area contributed by atoms with E-state index in [9.17, 15) is 22.8 Å². The summed E-state index contributed by atoms with van der Waals surface area (Å²) >= 11 is 0. The van der Waals surface area contributed by atoms with Crippen molar-refractivity contribution in [1.82, 2.24) is 15.4 Å². The molecular weight excluding hydrogens is 374 g/mol. The zero-order chi connectivity index (χ0) is 19.4. The number of amides is 2. The summed E-state index contributed by atoms with van der Waals surface area (Å²) in [7, 11) is -3.03. The lowest BCUT2D eigenvalue weighted by Gasteiger charge is -2.10. The van der Waals surface area contributed by atoms with E-state index in [-0.39, 0.29) is 36.2 Å². The molecular formula is C17H21N3O6S. The van der Waals surface area contributed by atoms with E-state index in [0.717, 1.165) is 0 Å². The number of sulfone groups is 1. The lowest BCUT2D eigenvalue weighted by Crippen LogP contribution is -2.42. The molecule has 0 spiro atoms. The number of para-hydroxylation sites is 2. The van der Waals surface area contributed by atoms with E-state index in [4.69, 9.17) is 4.42 Å². The first-order valence-electron chi connectivity index (χ1n) is 8.70. The van der Waals surface area contributed by atoms with Crippen LogP contribution in [0.1, 0.15) is 25.7 Å². The summed E-state index contributed by atoms with van der Waals surface area (Å²) in [5.74, 6) is -1.35. The van der Waals surface area contributed by atoms with Crippen molar-refractivity contribution in [3.8, 4) is 0 Å². The van der Waals surface area contributed by atoms with Crippen molar-refractivity contribution >= 4 is 32.8 Å². The van der Waals surface area contributed by atoms with Gasteiger partial charge < -0.3 is 4.42 Å². The lowest BCUT2D eigenvalue weighted by atomic mass is 10.1. The number of hydrogen-bond donors (Lipinski definition) is 2. The zero-order valence-electron chi connectivity index (χ0n) is 14.6. The summed E-state index contributed by atoms with van der Waals surface area (Å²) < 4.78 is 29.3. The first-order chi connectivity index (χ1) is 12.8. The molecule has 9 nitrogen and oxygen atoms in total. The van der Waals surface area contributed by atoms with Crippen LogP contribution in [0, 0.1) is 5.92 Å². The van der Waals surface area contributed by atoms with Crippen LogP contribution < -0.4 is 16.6 Å². The summed E-state index contributed by atoms with van der Waals surface area (Å²) in [4.78, 5) is 35.5. The number of oxazole rings is 1. The first kappa shape index (κ1) is 19.2. The van der Waals surface area contributed by atoms with E-state index >= 15 is 0 Å². The van der Waals surface area contributed by atoms with E-state index in [2.05, 4.69) is 10.9 Å². The number of carbonyl (C=O) groups excluding carboxylic acids is 2. The molecule has 1 aliphatic rings. The number of nitrogens with one attached hydrogen (secondary N) is 2. The number of fused-ring (bicyclic) bond motifs is 1. The van der Waals surface area contributed by atoms with E-state index in [1.165, 1.54) is 4.57 Å². The highest BCUT2D eigenvalue weighted by molar-refractivity contribution is 7.91. The second-order valence-electron chi connectivity index (χ2n) is 6.66. The Kier molecular flexibility index (Phi) is 5.64. The normalized spacial score (nSPS) is 18.4. The zero-order valence-corrected chi connectivity index (χ0v) is 15.5. The van der Waals surface area contributed by atoms with Crippen LogP contribution in [0.25, 0.3) is 11.1 Å². The SMILES string of the molecule is O=C(CCCn1c(=O)oc2ccccc21)NNC(=O)CC1CCS(=O)(=O)C1. The fraction of sp³-hybridized carbons (Fsp3) is 0.471. The Morgan fingerprint density at radius 2 is 1.93 bits per heavy atom. The van der Waals surface area contributed by atoms with Crippen LogP contribution in [0.5, 0.6) is 0 Å². The smallest absolute Gasteiger partial charge is 0.408 e. The van der Waals surface area contributed by atoms with E-state index in [0.29, 0.717) is 30.5 Å². The Labute approximate surface area is 155 Å². The van der Waals surface area contributed by atoms with Crippen LogP contribution in [0.15, 0.2) is 33.5 Å². The highest BCUT2D eigenvalue weighted by atomic mass is 32.2. The molecule has 1 saturated heterocycles. The van der Waals surface area contributed by atoms with Crippen molar-refractivity contribution in [1.29, 1.82) is 0 Å². The minimum absolute atomic E-state index is 0.0156. The van der Waals surface area contributed by atoms with Gasteiger partial charge in [0, 0.05) is 19.4 Å². The summed E-state index contributed by atoms with van der Waals surface area (Å²) in [6, 6.07) is 7.03. The second kappa shape index (κ2) is 7.95. The topological polar surface area (TPSA) is 127 Å². The number of benzene rings is 1. The van der Waals surface area contributed by atoms with Gasteiger partial charge in [-0.25, -0.2) is 13.2 Å². The van der Waals surface area contributed by atoms with Crippen LogP contribution >= 0.6 is 0 Å². The van der Waals surface area contributed by atoms with Gasteiger partial charge in [-0.1, -0.05) is 12.1 Å². The molecule has 2 heterocycles. The van der Waals surface area contributed by atoms with Gasteiger partial charge in [0.05, 0.1) is 17.0 Å². The van der Waals surface area contributed by atoms with Gasteiger partial charge in [-0.3, -0.25) is 25.0 Å². The van der Waals surface area contributed by atoms with Gasteiger partial charge in [-0.05, 0) is 30.9 Å². The molecule has 2 N–H and O–H groups in total. The van der Waals surface area contributed by atoms with Crippen LogP contribution in [-0.2, 0) is 26.0 Å². The number of aromatic nitrogens is 1. The van der Waals surface area contributed by atoms with Crippen LogP contribution in [0.3, 0.4) is 0 Å². The summed E-state index contributed by atoms with van der Waals surface area (Å²) in [5, 5.41) is 0. The van der Waals surface area contributed by atoms with Gasteiger partial charge in [0.1, 0.15) is 0 Å². The van der Waals surface area contributed by atoms with Crippen molar-refractivity contribution < 1.29 is 22.4 Å². The number of hydrazine groups is 1. The molecule has 0 radical (unpaired) electrons. The van der Waals surface area contributed by atoms with Gasteiger partial charge >= 0.3 is 5.76 Å². The first-order valence-corrected chi connectivity index (χ1v) is 10.5. The average molecular weight is 395 g/mol. The third-order valence-corrected chi connectivity index (χ3v) is 6.34. The Morgan fingerprint density at radius 3 is 2.67 bits per heavy atom. The summed E-state index contributed by atoms with van der Waals surface area (Å²) in [5.41, 5.74) is 5.77. The highest BCUT2D eigenvalue weighted by Crippen LogP contribution is 2.21. The van der Waals surface area contributed by atoms with Crippen molar-refractivity contribution in [2.75, 3.05) is 11.5 Å². The largest absolute Gasteiger partial charge is 0.419 e. The standard InChI is InChI=1S/C17H21N3O6S/c21-15(18-19-16(22)10-12-7-9-27(24,25)11-12)6-3-8-20-13-4-1-2-5-14(13)26-17(20)23/h1-2,4-5,12H,3,6-11H2,(H,18,21)(H,19,22). The third-order valence-electron chi connectivity index (χ3n) is 4.50. The van der Waals surface area contributed by atoms with Crippen molar-refractivity contribution in [2.45, 2.75) is 32.2 Å². The predicted octanol–water partition coefficient (Wildman–Crippen LogP) is 0.347. The molecule has 2 amide bonds. The maximum atomic E-state index is 11.8. The van der Waals surface area contributed by atoms with Gasteiger partial charge in [0.2, 0.25) is 11.8 Å². The van der Waals surface area contributed by atoms with Gasteiger partial charge in [0.15, 0.2) is 15.4 Å². The molecule has 1 fully saturated rings. The van der Waals surface area contributed by atoms with Crippen molar-refractivity contribution in [3.63, 3.8) is 0 Å². The Bertz CT molecular complexity index is 1010. The molecule has 1 aliphatic heterocycles. The molecule has 10 heteroatoms. The molecule has 0 bridgehead atoms. The molecule has 1 unspecified atom stereocenters. The third kappa shape index (κ3) is 4.97. The Balaban J connectivity index is 1.40. The van der Waals surface area contributed by atoms with Gasteiger partial charge in [-0.2, -0.15) is 0 Å². The van der Waals surface area contributed by atoms with Crippen LogP contribution in [-0.4, -0.2) is 36.3 Å². The number of nitrogens with zero attached hydrogens (tertiary/aromatic N) is 1. The van der Waals surface area contributed by atoms with Crippen LogP contribution in [0.4, 0.5) is 0 Å². The molecule has 146 valence electrons. The molecule has 0 aliphatic carbocycles. The maximum absolute atomic E-state index is 11.8. The summed E-state index contributed by atoms with van der Waals surface area (Å²) in [6.07, 6.45) is 1.04. The van der Waals surface area contributed by atoms with Crippen molar-refractivity contribution in [3.05, 3.63) is 34.8 Å². The molecule has 1 aromatic heterocycles. The predicted molar refractivity (Wildman–Crippen MR) is 97.4 cm³/mol. The molecule has 1 aromatic carbocycles. The molecule has 2 aromatic rings. The monoisotopic (exact) mass is 395 g/mol. The maximum Gasteiger partial charge on any atom is 0.419 e. The molecule has 3 rings (SSSR count). The molecule has 27 heavy (non-hydrogen) atoms. The number of carbonyl (C=O) groups is 2. The van der Waals surface area contributed by atoms with Crippen molar-refractivity contribution in [2.24, 2.45) is 5.92 Å². The number of rotatable bonds is 6. The van der Waals surface area contributed by atoms with E-state index in [1.54, 1.807) is 24.3 Å². The quantitative estimate of drug-likeness (QED) is 0.679. The number of aryl methyl sites for hydroxylation is 1. The van der Waals surface area contributed by atoms with Gasteiger partial charge in [-0.15, -0.1) is 0 Å². The molecule has 1 atom stereocenters. The average Bonchev–Trinajstić information content (AvgIpc) is 3.12. The second-order valence-corrected chi connectivity index (χ2v) is 8.89. The number of hydrogen-bond acceptors (Lipinski definition) is 6. The Morgan fingerprint density at radius 1 is 1.19 bits per heavy atom.